The fraction of sp³-hybridized carbons (Fsp3) is 0.500. The highest BCUT2D eigenvalue weighted by Crippen LogP contribution is 2.56. The van der Waals surface area contributed by atoms with Crippen LogP contribution in [0, 0.1) is 17.8 Å². The number of hydrogen-bond acceptors (Lipinski definition) is 5. The highest BCUT2D eigenvalue weighted by atomic mass is 79.9. The van der Waals surface area contributed by atoms with Crippen LogP contribution in [0.15, 0.2) is 35.1 Å². The minimum absolute atomic E-state index is 0.187. The highest BCUT2D eigenvalue weighted by molar-refractivity contribution is 9.10. The number of nitrogen functional groups attached to an aromatic ring is 1. The largest absolute Gasteiger partial charge is 0.393 e. The second kappa shape index (κ2) is 6.12. The molecule has 5 nitrogen and oxygen atoms in total. The zero-order chi connectivity index (χ0) is 17.7. The van der Waals surface area contributed by atoms with Gasteiger partial charge in [0.1, 0.15) is 12.0 Å². The number of nitrogens with one attached hydrogen (secondary N) is 2. The molecule has 136 valence electrons. The van der Waals surface area contributed by atoms with E-state index in [-0.39, 0.29) is 5.54 Å². The summed E-state index contributed by atoms with van der Waals surface area (Å²) in [6.45, 7) is 0. The van der Waals surface area contributed by atoms with Crippen LogP contribution in [0.5, 0.6) is 0 Å². The summed E-state index contributed by atoms with van der Waals surface area (Å²) in [4.78, 5) is 8.83. The molecule has 0 atom stereocenters. The number of nitrogens with zero attached hydrogens (tertiary/aromatic N) is 2. The van der Waals surface area contributed by atoms with E-state index in [1.165, 1.54) is 38.5 Å². The van der Waals surface area contributed by atoms with Crippen molar-refractivity contribution in [3.8, 4) is 0 Å². The summed E-state index contributed by atoms with van der Waals surface area (Å²) in [5.41, 5.74) is 8.18. The predicted octanol–water partition coefficient (Wildman–Crippen LogP) is 4.95. The Balaban J connectivity index is 1.39. The topological polar surface area (TPSA) is 75.9 Å². The van der Waals surface area contributed by atoms with Gasteiger partial charge in [0.25, 0.3) is 0 Å². The van der Waals surface area contributed by atoms with Crippen LogP contribution in [0.1, 0.15) is 38.5 Å². The molecule has 4 N–H and O–H groups in total. The number of aromatic nitrogens is 2. The summed E-state index contributed by atoms with van der Waals surface area (Å²) in [5.74, 6) is 4.10. The van der Waals surface area contributed by atoms with Gasteiger partial charge in [-0.25, -0.2) is 9.97 Å². The molecule has 0 amide bonds. The minimum Gasteiger partial charge on any atom is -0.393 e. The van der Waals surface area contributed by atoms with Gasteiger partial charge in [-0.3, -0.25) is 0 Å². The molecular formula is C20H24BrN5. The number of nitrogens with two attached hydrogens (primary N) is 1. The molecule has 1 heterocycles. The Hall–Kier alpha value is -1.82. The van der Waals surface area contributed by atoms with Gasteiger partial charge in [0, 0.05) is 15.7 Å². The molecule has 6 rings (SSSR count). The lowest BCUT2D eigenvalue weighted by atomic mass is 9.53. The molecule has 0 aliphatic heterocycles. The second-order valence-corrected chi connectivity index (χ2v) is 9.36. The van der Waals surface area contributed by atoms with Crippen molar-refractivity contribution in [1.82, 2.24) is 9.97 Å². The molecular weight excluding hydrogens is 390 g/mol. The molecule has 2 aromatic rings. The molecule has 4 bridgehead atoms. The van der Waals surface area contributed by atoms with Gasteiger partial charge in [-0.1, -0.05) is 15.9 Å². The Kier molecular flexibility index (Phi) is 3.85. The third-order valence-corrected chi connectivity index (χ3v) is 6.94. The number of benzene rings is 1. The third kappa shape index (κ3) is 2.94. The predicted molar refractivity (Wildman–Crippen MR) is 108 cm³/mol. The first kappa shape index (κ1) is 16.4. The average Bonchev–Trinajstić information content (AvgIpc) is 2.59. The van der Waals surface area contributed by atoms with Gasteiger partial charge in [-0.15, -0.1) is 0 Å². The van der Waals surface area contributed by atoms with Gasteiger partial charge in [0.05, 0.1) is 0 Å². The van der Waals surface area contributed by atoms with Gasteiger partial charge in [-0.05, 0) is 80.5 Å². The SMILES string of the molecule is Nc1c(Nc2ccc(Br)cc2)ncnc1NC12CC3CC(CC(C3)C1)C2. The minimum atomic E-state index is 0.187. The summed E-state index contributed by atoms with van der Waals surface area (Å²) >= 11 is 3.46. The van der Waals surface area contributed by atoms with Crippen LogP contribution in [0.3, 0.4) is 0 Å². The lowest BCUT2D eigenvalue weighted by Crippen LogP contribution is -2.55. The number of rotatable bonds is 4. The number of hydrogen-bond donors (Lipinski definition) is 3. The van der Waals surface area contributed by atoms with E-state index in [4.69, 9.17) is 5.73 Å². The van der Waals surface area contributed by atoms with E-state index in [0.29, 0.717) is 11.5 Å². The van der Waals surface area contributed by atoms with Crippen LogP contribution in [0.4, 0.5) is 23.0 Å². The fourth-order valence-corrected chi connectivity index (χ4v) is 6.04. The summed E-state index contributed by atoms with van der Waals surface area (Å²) in [6.07, 6.45) is 9.66. The first-order chi connectivity index (χ1) is 12.6. The third-order valence-electron chi connectivity index (χ3n) is 6.41. The van der Waals surface area contributed by atoms with Crippen LogP contribution in [0.2, 0.25) is 0 Å². The maximum absolute atomic E-state index is 6.43. The summed E-state index contributed by atoms with van der Waals surface area (Å²) in [6, 6.07) is 7.98. The van der Waals surface area contributed by atoms with Crippen LogP contribution < -0.4 is 16.4 Å². The van der Waals surface area contributed by atoms with Gasteiger partial charge >= 0.3 is 0 Å². The zero-order valence-electron chi connectivity index (χ0n) is 14.7. The van der Waals surface area contributed by atoms with Crippen LogP contribution in [0.25, 0.3) is 0 Å². The van der Waals surface area contributed by atoms with E-state index in [0.717, 1.165) is 33.7 Å². The molecule has 0 saturated heterocycles. The molecule has 6 heteroatoms. The summed E-state index contributed by atoms with van der Waals surface area (Å²) in [5, 5.41) is 7.08. The van der Waals surface area contributed by atoms with E-state index in [9.17, 15) is 0 Å². The molecule has 4 aliphatic rings. The zero-order valence-corrected chi connectivity index (χ0v) is 16.3. The average molecular weight is 414 g/mol. The van der Waals surface area contributed by atoms with Gasteiger partial charge in [0.15, 0.2) is 11.6 Å². The maximum atomic E-state index is 6.43. The molecule has 0 radical (unpaired) electrons. The normalized spacial score (nSPS) is 31.8. The first-order valence-corrected chi connectivity index (χ1v) is 10.3. The molecule has 1 aromatic carbocycles. The van der Waals surface area contributed by atoms with Crippen molar-refractivity contribution in [1.29, 1.82) is 0 Å². The monoisotopic (exact) mass is 413 g/mol. The van der Waals surface area contributed by atoms with Crippen molar-refractivity contribution < 1.29 is 0 Å². The van der Waals surface area contributed by atoms with E-state index in [2.05, 4.69) is 36.5 Å². The number of halogens is 1. The summed E-state index contributed by atoms with van der Waals surface area (Å²) < 4.78 is 1.04. The fourth-order valence-electron chi connectivity index (χ4n) is 5.78. The van der Waals surface area contributed by atoms with Crippen LogP contribution in [-0.2, 0) is 0 Å². The van der Waals surface area contributed by atoms with Crippen molar-refractivity contribution in [2.75, 3.05) is 16.4 Å². The Morgan fingerprint density at radius 3 is 2.12 bits per heavy atom. The highest BCUT2D eigenvalue weighted by Gasteiger charge is 2.51. The molecule has 4 saturated carbocycles. The maximum Gasteiger partial charge on any atom is 0.159 e. The Morgan fingerprint density at radius 2 is 1.50 bits per heavy atom. The Labute approximate surface area is 162 Å². The van der Waals surface area contributed by atoms with Gasteiger partial charge in [-0.2, -0.15) is 0 Å². The van der Waals surface area contributed by atoms with Crippen molar-refractivity contribution >= 4 is 38.9 Å². The van der Waals surface area contributed by atoms with Crippen molar-refractivity contribution in [3.63, 3.8) is 0 Å². The molecule has 0 unspecified atom stereocenters. The van der Waals surface area contributed by atoms with E-state index >= 15 is 0 Å². The second-order valence-electron chi connectivity index (χ2n) is 8.44. The molecule has 4 aliphatic carbocycles. The lowest BCUT2D eigenvalue weighted by molar-refractivity contribution is 0.0106. The molecule has 26 heavy (non-hydrogen) atoms. The lowest BCUT2D eigenvalue weighted by Gasteiger charge is -2.57. The molecule has 4 fully saturated rings. The first-order valence-electron chi connectivity index (χ1n) is 9.50. The Morgan fingerprint density at radius 1 is 0.923 bits per heavy atom. The van der Waals surface area contributed by atoms with Crippen molar-refractivity contribution in [3.05, 3.63) is 35.1 Å². The van der Waals surface area contributed by atoms with Crippen molar-refractivity contribution in [2.45, 2.75) is 44.1 Å². The van der Waals surface area contributed by atoms with E-state index < -0.39 is 0 Å². The smallest absolute Gasteiger partial charge is 0.159 e. The van der Waals surface area contributed by atoms with Crippen molar-refractivity contribution in [2.24, 2.45) is 17.8 Å². The Bertz CT molecular complexity index is 784. The van der Waals surface area contributed by atoms with Crippen LogP contribution in [-0.4, -0.2) is 15.5 Å². The quantitative estimate of drug-likeness (QED) is 0.660. The molecule has 1 aromatic heterocycles. The standard InChI is InChI=1S/C20H24BrN5/c21-15-1-3-16(4-2-15)25-18-17(22)19(24-11-23-18)26-20-8-12-5-13(9-20)7-14(6-12)10-20/h1-4,11-14H,5-10,22H2,(H2,23,24,25,26). The van der Waals surface area contributed by atoms with E-state index in [1.807, 2.05) is 24.3 Å². The van der Waals surface area contributed by atoms with Crippen LogP contribution >= 0.6 is 15.9 Å². The van der Waals surface area contributed by atoms with Gasteiger partial charge in [0.2, 0.25) is 0 Å². The molecule has 0 spiro atoms. The number of anilines is 4. The van der Waals surface area contributed by atoms with Gasteiger partial charge < -0.3 is 16.4 Å². The summed E-state index contributed by atoms with van der Waals surface area (Å²) in [7, 11) is 0. The van der Waals surface area contributed by atoms with E-state index in [1.54, 1.807) is 6.33 Å².